The van der Waals surface area contributed by atoms with Crippen molar-refractivity contribution in [3.63, 3.8) is 0 Å². The first-order valence-corrected chi connectivity index (χ1v) is 5.44. The van der Waals surface area contributed by atoms with Crippen molar-refractivity contribution in [3.8, 4) is 0 Å². The number of pyridine rings is 1. The third-order valence-electron chi connectivity index (χ3n) is 1.72. The van der Waals surface area contributed by atoms with Crippen LogP contribution in [0.15, 0.2) is 23.4 Å². The van der Waals surface area contributed by atoms with E-state index in [-0.39, 0.29) is 5.38 Å². The van der Waals surface area contributed by atoms with E-state index in [0.717, 1.165) is 5.56 Å². The molecule has 0 saturated heterocycles. The SMILES string of the molecule is O=S1c2ncccc2[C@@H](Cl)[C@@H]1Cl. The van der Waals surface area contributed by atoms with Crippen LogP contribution in [0.1, 0.15) is 10.9 Å². The Balaban J connectivity index is 2.59. The van der Waals surface area contributed by atoms with Crippen LogP contribution >= 0.6 is 23.2 Å². The van der Waals surface area contributed by atoms with Gasteiger partial charge in [-0.3, -0.25) is 4.21 Å². The zero-order chi connectivity index (χ0) is 8.72. The van der Waals surface area contributed by atoms with Crippen molar-refractivity contribution >= 4 is 34.0 Å². The Kier molecular flexibility index (Phi) is 2.10. The summed E-state index contributed by atoms with van der Waals surface area (Å²) in [6, 6.07) is 3.57. The summed E-state index contributed by atoms with van der Waals surface area (Å²) in [5, 5.41) is 0.147. The lowest BCUT2D eigenvalue weighted by Gasteiger charge is -2.01. The molecule has 1 aliphatic rings. The predicted molar refractivity (Wildman–Crippen MR) is 48.9 cm³/mol. The molecule has 2 rings (SSSR count). The number of aromatic nitrogens is 1. The monoisotopic (exact) mass is 221 g/mol. The topological polar surface area (TPSA) is 30.0 Å². The minimum atomic E-state index is -1.25. The largest absolute Gasteiger partial charge is 0.251 e. The first kappa shape index (κ1) is 8.48. The molecule has 1 aliphatic heterocycles. The molecule has 0 bridgehead atoms. The standard InChI is InChI=1S/C7H5Cl2NOS/c8-5-4-2-1-3-10-7(4)12(11)6(5)9/h1-3,5-6H/t5-,6-,12?/m1/s1. The number of alkyl halides is 2. The zero-order valence-corrected chi connectivity index (χ0v) is 8.23. The molecule has 5 heteroatoms. The molecule has 2 nitrogen and oxygen atoms in total. The van der Waals surface area contributed by atoms with Gasteiger partial charge in [-0.1, -0.05) is 6.07 Å². The number of rotatable bonds is 0. The lowest BCUT2D eigenvalue weighted by Crippen LogP contribution is -2.03. The fraction of sp³-hybridized carbons (Fsp3) is 0.286. The maximum atomic E-state index is 11.4. The Morgan fingerprint density at radius 3 is 2.92 bits per heavy atom. The number of hydrogen-bond acceptors (Lipinski definition) is 2. The summed E-state index contributed by atoms with van der Waals surface area (Å²) in [6.45, 7) is 0. The highest BCUT2D eigenvalue weighted by Crippen LogP contribution is 2.41. The third kappa shape index (κ3) is 1.08. The van der Waals surface area contributed by atoms with Gasteiger partial charge >= 0.3 is 0 Å². The summed E-state index contributed by atoms with van der Waals surface area (Å²) in [6.07, 6.45) is 1.59. The van der Waals surface area contributed by atoms with E-state index in [2.05, 4.69) is 4.98 Å². The molecule has 12 heavy (non-hydrogen) atoms. The average molecular weight is 222 g/mol. The van der Waals surface area contributed by atoms with Crippen LogP contribution in [0, 0.1) is 0 Å². The van der Waals surface area contributed by atoms with E-state index in [1.165, 1.54) is 0 Å². The minimum absolute atomic E-state index is 0.379. The average Bonchev–Trinajstić information content (AvgIpc) is 2.33. The molecule has 2 heterocycles. The van der Waals surface area contributed by atoms with Crippen molar-refractivity contribution in [2.75, 3.05) is 0 Å². The van der Waals surface area contributed by atoms with Gasteiger partial charge in [0.2, 0.25) is 0 Å². The van der Waals surface area contributed by atoms with E-state index < -0.39 is 15.5 Å². The smallest absolute Gasteiger partial charge is 0.135 e. The molecule has 0 spiro atoms. The van der Waals surface area contributed by atoms with Gasteiger partial charge in [-0.25, -0.2) is 4.98 Å². The van der Waals surface area contributed by atoms with Gasteiger partial charge in [0.15, 0.2) is 0 Å². The number of halogens is 2. The zero-order valence-electron chi connectivity index (χ0n) is 5.91. The molecule has 1 aromatic heterocycles. The van der Waals surface area contributed by atoms with Crippen LogP contribution in [-0.4, -0.2) is 13.9 Å². The van der Waals surface area contributed by atoms with Gasteiger partial charge in [0.05, 0.1) is 16.2 Å². The predicted octanol–water partition coefficient (Wildman–Crippen LogP) is 2.05. The number of hydrogen-bond donors (Lipinski definition) is 0. The van der Waals surface area contributed by atoms with E-state index in [4.69, 9.17) is 23.2 Å². The molecule has 0 aliphatic carbocycles. The Hall–Kier alpha value is -0.120. The molecule has 0 radical (unpaired) electrons. The fourth-order valence-corrected chi connectivity index (χ4v) is 3.22. The van der Waals surface area contributed by atoms with Crippen molar-refractivity contribution in [2.45, 2.75) is 15.1 Å². The summed E-state index contributed by atoms with van der Waals surface area (Å²) in [5.74, 6) is 0. The molecule has 0 amide bonds. The highest BCUT2D eigenvalue weighted by atomic mass is 35.5. The molecule has 1 aromatic rings. The molecule has 0 N–H and O–H groups in total. The summed E-state index contributed by atoms with van der Waals surface area (Å²) in [4.78, 5) is 3.97. The highest BCUT2D eigenvalue weighted by molar-refractivity contribution is 7.87. The van der Waals surface area contributed by atoms with Crippen molar-refractivity contribution in [2.24, 2.45) is 0 Å². The first-order chi connectivity index (χ1) is 5.72. The molecular formula is C7H5Cl2NOS. The van der Waals surface area contributed by atoms with Gasteiger partial charge in [-0.05, 0) is 6.07 Å². The number of nitrogens with zero attached hydrogens (tertiary/aromatic N) is 1. The molecule has 0 aromatic carbocycles. The minimum Gasteiger partial charge on any atom is -0.251 e. The van der Waals surface area contributed by atoms with E-state index in [0.29, 0.717) is 5.03 Å². The Bertz CT molecular complexity index is 344. The van der Waals surface area contributed by atoms with Gasteiger partial charge in [0, 0.05) is 11.8 Å². The Labute approximate surface area is 82.4 Å². The second-order valence-corrected chi connectivity index (χ2v) is 5.14. The van der Waals surface area contributed by atoms with E-state index in [1.54, 1.807) is 18.3 Å². The highest BCUT2D eigenvalue weighted by Gasteiger charge is 2.37. The quantitative estimate of drug-likeness (QED) is 0.629. The molecule has 3 atom stereocenters. The summed E-state index contributed by atoms with van der Waals surface area (Å²) in [7, 11) is -1.25. The van der Waals surface area contributed by atoms with Crippen molar-refractivity contribution < 1.29 is 4.21 Å². The maximum Gasteiger partial charge on any atom is 0.135 e. The summed E-state index contributed by atoms with van der Waals surface area (Å²) >= 11 is 11.7. The van der Waals surface area contributed by atoms with Crippen molar-refractivity contribution in [3.05, 3.63) is 23.9 Å². The third-order valence-corrected chi connectivity index (χ3v) is 4.63. The van der Waals surface area contributed by atoms with Crippen LogP contribution in [0.25, 0.3) is 0 Å². The van der Waals surface area contributed by atoms with Gasteiger partial charge in [0.25, 0.3) is 0 Å². The van der Waals surface area contributed by atoms with Gasteiger partial charge in [-0.15, -0.1) is 23.2 Å². The summed E-state index contributed by atoms with van der Waals surface area (Å²) < 4.78 is 10.9. The van der Waals surface area contributed by atoms with Gasteiger partial charge in [0.1, 0.15) is 9.74 Å². The van der Waals surface area contributed by atoms with Gasteiger partial charge in [-0.2, -0.15) is 0 Å². The second-order valence-electron chi connectivity index (χ2n) is 2.45. The molecular weight excluding hydrogens is 217 g/mol. The molecule has 0 saturated carbocycles. The molecule has 64 valence electrons. The fourth-order valence-electron chi connectivity index (χ4n) is 1.14. The van der Waals surface area contributed by atoms with E-state index in [1.807, 2.05) is 0 Å². The maximum absolute atomic E-state index is 11.4. The summed E-state index contributed by atoms with van der Waals surface area (Å²) in [5.41, 5.74) is 0.789. The molecule has 0 fully saturated rings. The Morgan fingerprint density at radius 2 is 2.25 bits per heavy atom. The van der Waals surface area contributed by atoms with Crippen LogP contribution < -0.4 is 0 Å². The van der Waals surface area contributed by atoms with Gasteiger partial charge < -0.3 is 0 Å². The van der Waals surface area contributed by atoms with Crippen LogP contribution in [-0.2, 0) is 10.8 Å². The number of fused-ring (bicyclic) bond motifs is 1. The first-order valence-electron chi connectivity index (χ1n) is 3.35. The van der Waals surface area contributed by atoms with Crippen LogP contribution in [0.2, 0.25) is 0 Å². The second kappa shape index (κ2) is 2.98. The lowest BCUT2D eigenvalue weighted by atomic mass is 10.2. The Morgan fingerprint density at radius 1 is 1.50 bits per heavy atom. The van der Waals surface area contributed by atoms with Crippen molar-refractivity contribution in [1.29, 1.82) is 0 Å². The van der Waals surface area contributed by atoms with E-state index in [9.17, 15) is 4.21 Å². The van der Waals surface area contributed by atoms with E-state index >= 15 is 0 Å². The van der Waals surface area contributed by atoms with Crippen LogP contribution in [0.4, 0.5) is 0 Å². The van der Waals surface area contributed by atoms with Crippen molar-refractivity contribution in [1.82, 2.24) is 4.98 Å². The lowest BCUT2D eigenvalue weighted by molar-refractivity contribution is 0.681. The molecule has 1 unspecified atom stereocenters. The van der Waals surface area contributed by atoms with Crippen LogP contribution in [0.3, 0.4) is 0 Å². The normalized spacial score (nSPS) is 33.3. The van der Waals surface area contributed by atoms with Crippen LogP contribution in [0.5, 0.6) is 0 Å².